The van der Waals surface area contributed by atoms with E-state index in [4.69, 9.17) is 27.9 Å². The molecule has 2 rings (SSSR count). The minimum Gasteiger partial charge on any atom is -0.488 e. The first-order valence-electron chi connectivity index (χ1n) is 7.70. The monoisotopic (exact) mass is 382 g/mol. The third kappa shape index (κ3) is 6.49. The van der Waals surface area contributed by atoms with Crippen LogP contribution in [0.3, 0.4) is 0 Å². The maximum Gasteiger partial charge on any atom is 0.230 e. The molecule has 0 aliphatic rings. The molecule has 0 spiro atoms. The molecule has 0 fully saturated rings. The summed E-state index contributed by atoms with van der Waals surface area (Å²) in [4.78, 5) is 22.2. The second kappa shape index (κ2) is 8.99. The minimum atomic E-state index is -0.216. The number of pyridine rings is 2. The van der Waals surface area contributed by atoms with Gasteiger partial charge in [0.15, 0.2) is 0 Å². The number of anilines is 1. The molecule has 1 N–H and O–H groups in total. The van der Waals surface area contributed by atoms with Crippen molar-refractivity contribution in [1.29, 1.82) is 0 Å². The number of rotatable bonds is 7. The Balaban J connectivity index is 2.00. The van der Waals surface area contributed by atoms with Gasteiger partial charge in [-0.15, -0.1) is 0 Å². The molecule has 2 aromatic heterocycles. The third-order valence-corrected chi connectivity index (χ3v) is 3.70. The van der Waals surface area contributed by atoms with Crippen molar-refractivity contribution in [3.8, 4) is 5.75 Å². The van der Waals surface area contributed by atoms with Crippen molar-refractivity contribution in [3.63, 3.8) is 0 Å². The summed E-state index contributed by atoms with van der Waals surface area (Å²) >= 11 is 11.9. The number of carbonyl (C=O) groups is 1. The Bertz CT molecular complexity index is 723. The van der Waals surface area contributed by atoms with Crippen LogP contribution in [0, 0.1) is 0 Å². The SMILES string of the molecule is CC(CN(C)C)Oc1cc(NC(=O)Cc2ccc(Cl)nc2)ncc1Cl. The number of amides is 1. The fraction of sp³-hybridized carbons (Fsp3) is 0.353. The van der Waals surface area contributed by atoms with Gasteiger partial charge in [-0.05, 0) is 32.6 Å². The Kier molecular flexibility index (Phi) is 6.99. The summed E-state index contributed by atoms with van der Waals surface area (Å²) in [7, 11) is 3.93. The zero-order valence-electron chi connectivity index (χ0n) is 14.3. The number of nitrogens with one attached hydrogen (secondary N) is 1. The van der Waals surface area contributed by atoms with Crippen LogP contribution in [-0.2, 0) is 11.2 Å². The fourth-order valence-corrected chi connectivity index (χ4v) is 2.49. The van der Waals surface area contributed by atoms with E-state index in [1.807, 2.05) is 25.9 Å². The highest BCUT2D eigenvalue weighted by atomic mass is 35.5. The zero-order chi connectivity index (χ0) is 18.4. The number of hydrogen-bond donors (Lipinski definition) is 1. The predicted molar refractivity (Wildman–Crippen MR) is 99.5 cm³/mol. The minimum absolute atomic E-state index is 0.0569. The van der Waals surface area contributed by atoms with Gasteiger partial charge >= 0.3 is 0 Å². The van der Waals surface area contributed by atoms with Crippen LogP contribution in [0.4, 0.5) is 5.82 Å². The Labute approximate surface area is 157 Å². The lowest BCUT2D eigenvalue weighted by molar-refractivity contribution is -0.115. The summed E-state index contributed by atoms with van der Waals surface area (Å²) in [6, 6.07) is 5.01. The number of nitrogens with zero attached hydrogens (tertiary/aromatic N) is 3. The highest BCUT2D eigenvalue weighted by Crippen LogP contribution is 2.27. The molecule has 1 unspecified atom stereocenters. The van der Waals surface area contributed by atoms with Crippen LogP contribution in [-0.4, -0.2) is 47.5 Å². The van der Waals surface area contributed by atoms with Gasteiger partial charge < -0.3 is 15.0 Å². The van der Waals surface area contributed by atoms with Crippen LogP contribution in [0.1, 0.15) is 12.5 Å². The normalized spacial score (nSPS) is 12.1. The molecule has 0 saturated carbocycles. The van der Waals surface area contributed by atoms with Gasteiger partial charge in [-0.2, -0.15) is 0 Å². The van der Waals surface area contributed by atoms with Gasteiger partial charge in [-0.25, -0.2) is 9.97 Å². The standard InChI is InChI=1S/C17H20Cl2N4O2/c1-11(10-23(2)3)25-14-7-16(21-9-13(14)18)22-17(24)6-12-4-5-15(19)20-8-12/h4-5,7-9,11H,6,10H2,1-3H3,(H,21,22,24). The van der Waals surface area contributed by atoms with E-state index in [1.54, 1.807) is 24.4 Å². The Morgan fingerprint density at radius 1 is 1.28 bits per heavy atom. The summed E-state index contributed by atoms with van der Waals surface area (Å²) in [5.74, 6) is 0.643. The van der Waals surface area contributed by atoms with Crippen molar-refractivity contribution in [2.75, 3.05) is 26.0 Å². The molecule has 0 aromatic carbocycles. The van der Waals surface area contributed by atoms with Crippen LogP contribution in [0.5, 0.6) is 5.75 Å². The van der Waals surface area contributed by atoms with E-state index in [9.17, 15) is 4.79 Å². The van der Waals surface area contributed by atoms with Crippen LogP contribution in [0.2, 0.25) is 10.2 Å². The number of likely N-dealkylation sites (N-methyl/N-ethyl adjacent to an activating group) is 1. The summed E-state index contributed by atoms with van der Waals surface area (Å²) in [6.45, 7) is 2.69. The van der Waals surface area contributed by atoms with Crippen molar-refractivity contribution < 1.29 is 9.53 Å². The number of halogens is 2. The summed E-state index contributed by atoms with van der Waals surface area (Å²) in [5, 5.41) is 3.51. The molecule has 134 valence electrons. The van der Waals surface area contributed by atoms with Gasteiger partial charge in [-0.1, -0.05) is 29.3 Å². The number of hydrogen-bond acceptors (Lipinski definition) is 5. The Hall–Kier alpha value is -1.89. The van der Waals surface area contributed by atoms with E-state index >= 15 is 0 Å². The van der Waals surface area contributed by atoms with E-state index in [0.717, 1.165) is 12.1 Å². The predicted octanol–water partition coefficient (Wildman–Crippen LogP) is 3.29. The van der Waals surface area contributed by atoms with E-state index in [2.05, 4.69) is 15.3 Å². The highest BCUT2D eigenvalue weighted by Gasteiger charge is 2.12. The van der Waals surface area contributed by atoms with Gasteiger partial charge in [0.05, 0.1) is 12.6 Å². The molecular weight excluding hydrogens is 363 g/mol. The lowest BCUT2D eigenvalue weighted by atomic mass is 10.2. The smallest absolute Gasteiger partial charge is 0.230 e. The van der Waals surface area contributed by atoms with Crippen molar-refractivity contribution in [3.05, 3.63) is 46.3 Å². The molecule has 0 radical (unpaired) electrons. The second-order valence-electron chi connectivity index (χ2n) is 5.90. The van der Waals surface area contributed by atoms with Crippen LogP contribution in [0.25, 0.3) is 0 Å². The Morgan fingerprint density at radius 2 is 2.04 bits per heavy atom. The molecule has 2 aromatic rings. The zero-order valence-corrected chi connectivity index (χ0v) is 15.8. The molecule has 0 aliphatic carbocycles. The van der Waals surface area contributed by atoms with E-state index in [0.29, 0.717) is 21.7 Å². The van der Waals surface area contributed by atoms with Gasteiger partial charge in [0.25, 0.3) is 0 Å². The number of ether oxygens (including phenoxy) is 1. The number of carbonyl (C=O) groups excluding carboxylic acids is 1. The molecule has 0 aliphatic heterocycles. The first-order valence-corrected chi connectivity index (χ1v) is 8.46. The molecule has 8 heteroatoms. The third-order valence-electron chi connectivity index (χ3n) is 3.19. The lowest BCUT2D eigenvalue weighted by Crippen LogP contribution is -2.28. The maximum atomic E-state index is 12.1. The topological polar surface area (TPSA) is 67.3 Å². The quantitative estimate of drug-likeness (QED) is 0.744. The van der Waals surface area contributed by atoms with Crippen LogP contribution < -0.4 is 10.1 Å². The van der Waals surface area contributed by atoms with Gasteiger partial charge in [0.1, 0.15) is 27.8 Å². The summed E-state index contributed by atoms with van der Waals surface area (Å²) < 4.78 is 5.82. The van der Waals surface area contributed by atoms with E-state index < -0.39 is 0 Å². The average Bonchev–Trinajstić information content (AvgIpc) is 2.52. The second-order valence-corrected chi connectivity index (χ2v) is 6.70. The molecule has 25 heavy (non-hydrogen) atoms. The van der Waals surface area contributed by atoms with Crippen molar-refractivity contribution in [2.24, 2.45) is 0 Å². The van der Waals surface area contributed by atoms with Gasteiger partial charge in [-0.3, -0.25) is 4.79 Å². The molecule has 0 saturated heterocycles. The number of aromatic nitrogens is 2. The first-order chi connectivity index (χ1) is 11.8. The molecule has 1 amide bonds. The van der Waals surface area contributed by atoms with Gasteiger partial charge in [0.2, 0.25) is 5.91 Å². The molecular formula is C17H20Cl2N4O2. The largest absolute Gasteiger partial charge is 0.488 e. The lowest BCUT2D eigenvalue weighted by Gasteiger charge is -2.19. The van der Waals surface area contributed by atoms with Crippen molar-refractivity contribution in [2.45, 2.75) is 19.4 Å². The highest BCUT2D eigenvalue weighted by molar-refractivity contribution is 6.32. The van der Waals surface area contributed by atoms with Crippen molar-refractivity contribution in [1.82, 2.24) is 14.9 Å². The molecule has 1 atom stereocenters. The Morgan fingerprint density at radius 3 is 2.68 bits per heavy atom. The van der Waals surface area contributed by atoms with Crippen LogP contribution >= 0.6 is 23.2 Å². The average molecular weight is 383 g/mol. The van der Waals surface area contributed by atoms with Crippen LogP contribution in [0.15, 0.2) is 30.6 Å². The molecule has 0 bridgehead atoms. The summed E-state index contributed by atoms with van der Waals surface area (Å²) in [6.07, 6.45) is 3.13. The van der Waals surface area contributed by atoms with E-state index in [1.165, 1.54) is 6.20 Å². The summed E-state index contributed by atoms with van der Waals surface area (Å²) in [5.41, 5.74) is 0.756. The maximum absolute atomic E-state index is 12.1. The van der Waals surface area contributed by atoms with Gasteiger partial charge in [0, 0.05) is 18.8 Å². The molecule has 2 heterocycles. The van der Waals surface area contributed by atoms with E-state index in [-0.39, 0.29) is 18.4 Å². The molecule has 6 nitrogen and oxygen atoms in total. The first kappa shape index (κ1) is 19.4. The fourth-order valence-electron chi connectivity index (χ4n) is 2.23. The van der Waals surface area contributed by atoms with Crippen molar-refractivity contribution >= 4 is 34.9 Å².